The van der Waals surface area contributed by atoms with Gasteiger partial charge in [0, 0.05) is 12.6 Å². The summed E-state index contributed by atoms with van der Waals surface area (Å²) in [4.78, 5) is 14.8. The molecule has 2 aromatic carbocycles. The van der Waals surface area contributed by atoms with Crippen LogP contribution in [-0.4, -0.2) is 39.0 Å². The number of carbonyl (C=O) groups is 1. The van der Waals surface area contributed by atoms with E-state index >= 15 is 0 Å². The third-order valence-corrected chi connectivity index (χ3v) is 5.25. The zero-order valence-corrected chi connectivity index (χ0v) is 17.1. The van der Waals surface area contributed by atoms with Crippen molar-refractivity contribution in [3.8, 4) is 5.75 Å². The Hall–Kier alpha value is -3.41. The summed E-state index contributed by atoms with van der Waals surface area (Å²) in [7, 11) is 0. The van der Waals surface area contributed by atoms with Crippen molar-refractivity contribution in [2.45, 2.75) is 32.4 Å². The van der Waals surface area contributed by atoms with E-state index in [0.717, 1.165) is 36.3 Å². The quantitative estimate of drug-likeness (QED) is 0.558. The molecule has 1 aliphatic rings. The molecule has 4 rings (SSSR count). The number of ether oxygens (including phenoxy) is 1. The molecule has 0 spiro atoms. The molecule has 6 nitrogen and oxygen atoms in total. The summed E-state index contributed by atoms with van der Waals surface area (Å²) in [6, 6.07) is 18.3. The maximum atomic E-state index is 12.8. The van der Waals surface area contributed by atoms with Crippen molar-refractivity contribution in [3.05, 3.63) is 83.7 Å². The molecule has 0 bridgehead atoms. The van der Waals surface area contributed by atoms with Crippen LogP contribution in [0, 0.1) is 0 Å². The number of nitrogens with zero attached hydrogens (tertiary/aromatic N) is 4. The van der Waals surface area contributed by atoms with Gasteiger partial charge < -0.3 is 9.64 Å². The molecule has 1 atom stereocenters. The van der Waals surface area contributed by atoms with Gasteiger partial charge in [-0.05, 0) is 49.1 Å². The molecule has 1 fully saturated rings. The number of likely N-dealkylation sites (tertiary alicyclic amines) is 1. The SMILES string of the molecule is CCOc1ccc([C@@H]2CCCN2C(=O)/C=C/c2cn(Cc3ccccc3)nn2)cc1. The molecule has 0 saturated carbocycles. The first-order chi connectivity index (χ1) is 14.7. The minimum Gasteiger partial charge on any atom is -0.494 e. The van der Waals surface area contributed by atoms with E-state index in [1.165, 1.54) is 0 Å². The number of amides is 1. The molecule has 30 heavy (non-hydrogen) atoms. The molecule has 1 aliphatic heterocycles. The van der Waals surface area contributed by atoms with Crippen molar-refractivity contribution in [1.29, 1.82) is 0 Å². The van der Waals surface area contributed by atoms with Crippen molar-refractivity contribution in [2.24, 2.45) is 0 Å². The number of benzene rings is 2. The first-order valence-corrected chi connectivity index (χ1v) is 10.4. The van der Waals surface area contributed by atoms with Crippen LogP contribution in [0.2, 0.25) is 0 Å². The zero-order valence-electron chi connectivity index (χ0n) is 17.1. The fraction of sp³-hybridized carbons (Fsp3) is 0.292. The number of aromatic nitrogens is 3. The van der Waals surface area contributed by atoms with E-state index in [0.29, 0.717) is 18.8 Å². The fourth-order valence-corrected chi connectivity index (χ4v) is 3.82. The van der Waals surface area contributed by atoms with Crippen molar-refractivity contribution in [2.75, 3.05) is 13.2 Å². The molecule has 1 saturated heterocycles. The summed E-state index contributed by atoms with van der Waals surface area (Å²) in [5.74, 6) is 0.861. The lowest BCUT2D eigenvalue weighted by atomic mass is 10.0. The van der Waals surface area contributed by atoms with Crippen molar-refractivity contribution in [3.63, 3.8) is 0 Å². The van der Waals surface area contributed by atoms with Gasteiger partial charge in [0.1, 0.15) is 11.4 Å². The molecule has 2 heterocycles. The Kier molecular flexibility index (Phi) is 6.23. The molecule has 0 unspecified atom stereocenters. The van der Waals surface area contributed by atoms with E-state index < -0.39 is 0 Å². The van der Waals surface area contributed by atoms with Crippen LogP contribution in [0.3, 0.4) is 0 Å². The van der Waals surface area contributed by atoms with E-state index in [1.807, 2.05) is 48.4 Å². The van der Waals surface area contributed by atoms with Crippen molar-refractivity contribution >= 4 is 12.0 Å². The van der Waals surface area contributed by atoms with Gasteiger partial charge in [0.2, 0.25) is 5.91 Å². The van der Waals surface area contributed by atoms with Crippen LogP contribution >= 0.6 is 0 Å². The minimum absolute atomic E-state index is 0.00370. The fourth-order valence-electron chi connectivity index (χ4n) is 3.82. The van der Waals surface area contributed by atoms with E-state index in [9.17, 15) is 4.79 Å². The lowest BCUT2D eigenvalue weighted by molar-refractivity contribution is -0.126. The molecule has 1 aromatic heterocycles. The average molecular weight is 402 g/mol. The molecule has 0 aliphatic carbocycles. The molecule has 6 heteroatoms. The van der Waals surface area contributed by atoms with E-state index in [4.69, 9.17) is 4.74 Å². The van der Waals surface area contributed by atoms with Gasteiger partial charge >= 0.3 is 0 Å². The predicted molar refractivity (Wildman–Crippen MR) is 116 cm³/mol. The monoisotopic (exact) mass is 402 g/mol. The Labute approximate surface area is 176 Å². The highest BCUT2D eigenvalue weighted by molar-refractivity contribution is 5.92. The van der Waals surface area contributed by atoms with Crippen molar-refractivity contribution in [1.82, 2.24) is 19.9 Å². The maximum Gasteiger partial charge on any atom is 0.247 e. The second kappa shape index (κ2) is 9.39. The molecule has 3 aromatic rings. The highest BCUT2D eigenvalue weighted by Crippen LogP contribution is 2.33. The van der Waals surface area contributed by atoms with Gasteiger partial charge in [-0.2, -0.15) is 0 Å². The predicted octanol–water partition coefficient (Wildman–Crippen LogP) is 4.10. The van der Waals surface area contributed by atoms with E-state index in [2.05, 4.69) is 34.6 Å². The summed E-state index contributed by atoms with van der Waals surface area (Å²) in [5.41, 5.74) is 2.98. The number of carbonyl (C=O) groups excluding carboxylic acids is 1. The van der Waals surface area contributed by atoms with Gasteiger partial charge in [0.15, 0.2) is 0 Å². The molecule has 0 N–H and O–H groups in total. The smallest absolute Gasteiger partial charge is 0.247 e. The molecular formula is C24H26N4O2. The highest BCUT2D eigenvalue weighted by Gasteiger charge is 2.28. The van der Waals surface area contributed by atoms with Gasteiger partial charge in [-0.1, -0.05) is 47.7 Å². The Bertz CT molecular complexity index is 996. The Morgan fingerprint density at radius 3 is 2.73 bits per heavy atom. The van der Waals surface area contributed by atoms with Gasteiger partial charge in [-0.3, -0.25) is 4.79 Å². The van der Waals surface area contributed by atoms with Gasteiger partial charge in [-0.25, -0.2) is 4.68 Å². The highest BCUT2D eigenvalue weighted by atomic mass is 16.5. The van der Waals surface area contributed by atoms with Crippen LogP contribution in [0.15, 0.2) is 66.9 Å². The standard InChI is InChI=1S/C24H26N4O2/c1-2-30-22-13-10-20(11-14-22)23-9-6-16-28(23)24(29)15-12-21-18-27(26-25-21)17-19-7-4-3-5-8-19/h3-5,7-8,10-15,18,23H,2,6,9,16-17H2,1H3/b15-12+/t23-/m0/s1. The first-order valence-electron chi connectivity index (χ1n) is 10.4. The summed E-state index contributed by atoms with van der Waals surface area (Å²) < 4.78 is 7.29. The minimum atomic E-state index is 0.00370. The molecule has 154 valence electrons. The van der Waals surface area contributed by atoms with Gasteiger partial charge in [0.25, 0.3) is 0 Å². The van der Waals surface area contributed by atoms with Crippen LogP contribution < -0.4 is 4.74 Å². The van der Waals surface area contributed by atoms with Gasteiger partial charge in [-0.15, -0.1) is 5.10 Å². The second-order valence-electron chi connectivity index (χ2n) is 7.35. The summed E-state index contributed by atoms with van der Waals surface area (Å²) in [6.07, 6.45) is 7.17. The number of hydrogen-bond acceptors (Lipinski definition) is 4. The number of rotatable bonds is 7. The third-order valence-electron chi connectivity index (χ3n) is 5.25. The molecule has 0 radical (unpaired) electrons. The second-order valence-corrected chi connectivity index (χ2v) is 7.35. The zero-order chi connectivity index (χ0) is 20.8. The summed E-state index contributed by atoms with van der Waals surface area (Å²) in [6.45, 7) is 4.04. The van der Waals surface area contributed by atoms with Crippen molar-refractivity contribution < 1.29 is 9.53 Å². The first kappa shape index (κ1) is 19.9. The van der Waals surface area contributed by atoms with Crippen LogP contribution in [0.25, 0.3) is 6.08 Å². The van der Waals surface area contributed by atoms with Crippen LogP contribution in [-0.2, 0) is 11.3 Å². The van der Waals surface area contributed by atoms with Crippen LogP contribution in [0.4, 0.5) is 0 Å². The topological polar surface area (TPSA) is 60.2 Å². The Balaban J connectivity index is 1.39. The molecular weight excluding hydrogens is 376 g/mol. The lowest BCUT2D eigenvalue weighted by Crippen LogP contribution is -2.28. The summed E-state index contributed by atoms with van der Waals surface area (Å²) in [5, 5.41) is 8.31. The average Bonchev–Trinajstić information content (AvgIpc) is 3.43. The van der Waals surface area contributed by atoms with E-state index in [1.54, 1.807) is 16.8 Å². The van der Waals surface area contributed by atoms with E-state index in [-0.39, 0.29) is 11.9 Å². The Morgan fingerprint density at radius 2 is 1.97 bits per heavy atom. The Morgan fingerprint density at radius 1 is 1.17 bits per heavy atom. The van der Waals surface area contributed by atoms with Crippen LogP contribution in [0.1, 0.15) is 42.6 Å². The largest absolute Gasteiger partial charge is 0.494 e. The molecule has 1 amide bonds. The summed E-state index contributed by atoms with van der Waals surface area (Å²) >= 11 is 0. The van der Waals surface area contributed by atoms with Crippen LogP contribution in [0.5, 0.6) is 5.75 Å². The lowest BCUT2D eigenvalue weighted by Gasteiger charge is -2.24. The van der Waals surface area contributed by atoms with Gasteiger partial charge in [0.05, 0.1) is 25.4 Å². The normalized spacial score (nSPS) is 16.3. The number of hydrogen-bond donors (Lipinski definition) is 0. The third kappa shape index (κ3) is 4.76. The maximum absolute atomic E-state index is 12.8.